The van der Waals surface area contributed by atoms with Crippen LogP contribution in [-0.2, 0) is 19.1 Å². The molecular weight excluding hydrogens is 476 g/mol. The summed E-state index contributed by atoms with van der Waals surface area (Å²) in [4.78, 5) is 57.4. The summed E-state index contributed by atoms with van der Waals surface area (Å²) in [5.74, 6) is 0.829. The highest BCUT2D eigenvalue weighted by Crippen LogP contribution is 2.44. The van der Waals surface area contributed by atoms with Crippen molar-refractivity contribution < 1.29 is 28.7 Å². The predicted octanol–water partition coefficient (Wildman–Crippen LogP) is 3.19. The molecule has 0 aromatic carbocycles. The molecule has 0 aromatic heterocycles. The van der Waals surface area contributed by atoms with Crippen LogP contribution in [0, 0.1) is 17.8 Å². The molecule has 4 atom stereocenters. The minimum Gasteiger partial charge on any atom is -0.453 e. The van der Waals surface area contributed by atoms with E-state index in [1.165, 1.54) is 12.0 Å². The average Bonchev–Trinajstić information content (AvgIpc) is 2.86. The molecule has 0 N–H and O–H groups in total. The summed E-state index contributed by atoms with van der Waals surface area (Å²) < 4.78 is 10.7. The third-order valence-electron chi connectivity index (χ3n) is 8.51. The summed E-state index contributed by atoms with van der Waals surface area (Å²) in [6, 6.07) is -0.349. The molecule has 10 heteroatoms. The summed E-state index contributed by atoms with van der Waals surface area (Å²) in [5, 5.41) is 0. The number of carbonyl (C=O) groups is 4. The topological polar surface area (TPSA) is 99.7 Å². The van der Waals surface area contributed by atoms with Crippen molar-refractivity contribution >= 4 is 24.0 Å². The Kier molecular flexibility index (Phi) is 9.69. The largest absolute Gasteiger partial charge is 0.453 e. The summed E-state index contributed by atoms with van der Waals surface area (Å²) in [6.45, 7) is 6.18. The molecule has 3 rings (SSSR count). The van der Waals surface area contributed by atoms with Gasteiger partial charge < -0.3 is 24.2 Å². The first kappa shape index (κ1) is 29.0. The van der Waals surface area contributed by atoms with E-state index in [0.717, 1.165) is 44.9 Å². The number of methoxy groups -OCH3 is 1. The van der Waals surface area contributed by atoms with E-state index >= 15 is 0 Å². The van der Waals surface area contributed by atoms with E-state index in [2.05, 4.69) is 0 Å². The van der Waals surface area contributed by atoms with Gasteiger partial charge in [0, 0.05) is 33.6 Å². The van der Waals surface area contributed by atoms with Gasteiger partial charge in [-0.05, 0) is 77.6 Å². The molecule has 0 aromatic rings. The molecule has 1 saturated heterocycles. The van der Waals surface area contributed by atoms with Crippen LogP contribution in [0.1, 0.15) is 65.7 Å². The monoisotopic (exact) mass is 522 g/mol. The van der Waals surface area contributed by atoms with Crippen LogP contribution in [0.15, 0.2) is 0 Å². The van der Waals surface area contributed by atoms with Crippen molar-refractivity contribution in [2.75, 3.05) is 41.3 Å². The number of hydrogen-bond acceptors (Lipinski definition) is 6. The molecular formula is C27H46N4O6. The minimum absolute atomic E-state index is 0.0459. The fraction of sp³-hybridized carbons (Fsp3) is 0.852. The SMILES string of the molecule is COC(=O)N1C2CCC(C3CCC(C(=O)N(C)CC(=O)N(C)C)CC3)CC2N(C(=O)OC(C)C)C[C@@H]1C. The normalized spacial score (nSPS) is 29.8. The maximum atomic E-state index is 13.0. The number of carbonyl (C=O) groups excluding carboxylic acids is 4. The standard InChI is InChI=1S/C27H46N4O6/c1-17(2)37-26(34)30-15-18(3)31(27(35)36-7)22-13-12-21(14-23(22)30)19-8-10-20(11-9-19)25(33)29(6)16-24(32)28(4)5/h17-23H,8-16H2,1-7H3/t18-,19?,20?,21?,22?,23?/m0/s1. The molecule has 0 spiro atoms. The third kappa shape index (κ3) is 6.68. The Bertz CT molecular complexity index is 841. The second-order valence-corrected chi connectivity index (χ2v) is 11.6. The summed E-state index contributed by atoms with van der Waals surface area (Å²) >= 11 is 0. The zero-order valence-electron chi connectivity index (χ0n) is 23.6. The molecule has 0 radical (unpaired) electrons. The van der Waals surface area contributed by atoms with Crippen molar-refractivity contribution in [2.45, 2.75) is 89.9 Å². The predicted molar refractivity (Wildman–Crippen MR) is 139 cm³/mol. The molecule has 3 fully saturated rings. The Morgan fingerprint density at radius 3 is 2.08 bits per heavy atom. The molecule has 2 saturated carbocycles. The van der Waals surface area contributed by atoms with Crippen LogP contribution in [-0.4, -0.2) is 109 Å². The van der Waals surface area contributed by atoms with E-state index in [-0.39, 0.29) is 60.7 Å². The van der Waals surface area contributed by atoms with E-state index < -0.39 is 0 Å². The molecule has 1 aliphatic heterocycles. The van der Waals surface area contributed by atoms with Crippen molar-refractivity contribution in [3.8, 4) is 0 Å². The first-order valence-corrected chi connectivity index (χ1v) is 13.7. The fourth-order valence-electron chi connectivity index (χ4n) is 6.56. The molecule has 10 nitrogen and oxygen atoms in total. The summed E-state index contributed by atoms with van der Waals surface area (Å²) in [6.07, 6.45) is 5.31. The van der Waals surface area contributed by atoms with Gasteiger partial charge in [-0.25, -0.2) is 9.59 Å². The summed E-state index contributed by atoms with van der Waals surface area (Å²) in [7, 11) is 6.50. The van der Waals surface area contributed by atoms with Crippen LogP contribution in [0.4, 0.5) is 9.59 Å². The quantitative estimate of drug-likeness (QED) is 0.550. The van der Waals surface area contributed by atoms with Gasteiger partial charge in [0.15, 0.2) is 0 Å². The zero-order valence-corrected chi connectivity index (χ0v) is 23.6. The van der Waals surface area contributed by atoms with Crippen molar-refractivity contribution in [2.24, 2.45) is 17.8 Å². The van der Waals surface area contributed by atoms with E-state index in [1.54, 1.807) is 26.0 Å². The first-order valence-electron chi connectivity index (χ1n) is 13.7. The molecule has 3 unspecified atom stereocenters. The molecule has 0 bridgehead atoms. The number of likely N-dealkylation sites (N-methyl/N-ethyl adjacent to an activating group) is 2. The number of piperazine rings is 1. The maximum Gasteiger partial charge on any atom is 0.410 e. The lowest BCUT2D eigenvalue weighted by Crippen LogP contribution is -2.67. The highest BCUT2D eigenvalue weighted by molar-refractivity contribution is 5.85. The highest BCUT2D eigenvalue weighted by Gasteiger charge is 2.49. The first-order chi connectivity index (χ1) is 17.4. The van der Waals surface area contributed by atoms with Gasteiger partial charge in [-0.15, -0.1) is 0 Å². The Hall–Kier alpha value is -2.52. The van der Waals surface area contributed by atoms with Gasteiger partial charge in [-0.2, -0.15) is 0 Å². The lowest BCUT2D eigenvalue weighted by molar-refractivity contribution is -0.141. The molecule has 2 aliphatic carbocycles. The Labute approximate surface area is 221 Å². The van der Waals surface area contributed by atoms with Crippen LogP contribution < -0.4 is 0 Å². The fourth-order valence-corrected chi connectivity index (χ4v) is 6.56. The van der Waals surface area contributed by atoms with Crippen molar-refractivity contribution in [3.05, 3.63) is 0 Å². The molecule has 37 heavy (non-hydrogen) atoms. The van der Waals surface area contributed by atoms with Gasteiger partial charge in [0.1, 0.15) is 0 Å². The minimum atomic E-state index is -0.339. The van der Waals surface area contributed by atoms with Crippen molar-refractivity contribution in [1.29, 1.82) is 0 Å². The van der Waals surface area contributed by atoms with E-state index in [4.69, 9.17) is 9.47 Å². The van der Waals surface area contributed by atoms with Gasteiger partial charge in [0.25, 0.3) is 0 Å². The Morgan fingerprint density at radius 2 is 1.51 bits per heavy atom. The molecule has 4 amide bonds. The molecule has 1 heterocycles. The van der Waals surface area contributed by atoms with Crippen LogP contribution in [0.3, 0.4) is 0 Å². The van der Waals surface area contributed by atoms with Gasteiger partial charge in [-0.3, -0.25) is 14.5 Å². The van der Waals surface area contributed by atoms with Crippen LogP contribution in [0.25, 0.3) is 0 Å². The number of rotatable bonds is 5. The van der Waals surface area contributed by atoms with Gasteiger partial charge in [0.2, 0.25) is 11.8 Å². The number of nitrogens with zero attached hydrogens (tertiary/aromatic N) is 4. The van der Waals surface area contributed by atoms with Crippen LogP contribution in [0.2, 0.25) is 0 Å². The van der Waals surface area contributed by atoms with Crippen molar-refractivity contribution in [3.63, 3.8) is 0 Å². The number of amides is 4. The lowest BCUT2D eigenvalue weighted by Gasteiger charge is -2.54. The zero-order chi connectivity index (χ0) is 27.4. The van der Waals surface area contributed by atoms with Crippen LogP contribution in [0.5, 0.6) is 0 Å². The third-order valence-corrected chi connectivity index (χ3v) is 8.51. The maximum absolute atomic E-state index is 13.0. The number of fused-ring (bicyclic) bond motifs is 1. The van der Waals surface area contributed by atoms with E-state index in [1.807, 2.05) is 30.6 Å². The Balaban J connectivity index is 1.65. The smallest absolute Gasteiger partial charge is 0.410 e. The lowest BCUT2D eigenvalue weighted by atomic mass is 9.68. The second-order valence-electron chi connectivity index (χ2n) is 11.6. The van der Waals surface area contributed by atoms with E-state index in [0.29, 0.717) is 18.4 Å². The Morgan fingerprint density at radius 1 is 0.892 bits per heavy atom. The summed E-state index contributed by atoms with van der Waals surface area (Å²) in [5.41, 5.74) is 0. The van der Waals surface area contributed by atoms with Crippen molar-refractivity contribution in [1.82, 2.24) is 19.6 Å². The average molecular weight is 523 g/mol. The second kappa shape index (κ2) is 12.3. The number of hydrogen-bond donors (Lipinski definition) is 0. The molecule has 210 valence electrons. The highest BCUT2D eigenvalue weighted by atomic mass is 16.6. The van der Waals surface area contributed by atoms with Gasteiger partial charge in [0.05, 0.1) is 37.9 Å². The molecule has 3 aliphatic rings. The number of ether oxygens (including phenoxy) is 2. The van der Waals surface area contributed by atoms with Gasteiger partial charge in [-0.1, -0.05) is 0 Å². The van der Waals surface area contributed by atoms with Gasteiger partial charge >= 0.3 is 12.2 Å². The van der Waals surface area contributed by atoms with E-state index in [9.17, 15) is 19.2 Å². The van der Waals surface area contributed by atoms with Crippen LogP contribution >= 0.6 is 0 Å².